The predicted molar refractivity (Wildman–Crippen MR) is 71.0 cm³/mol. The first kappa shape index (κ1) is 14.5. The van der Waals surface area contributed by atoms with E-state index in [2.05, 4.69) is 4.72 Å². The SMILES string of the molecule is CCC(C#N)S(=O)(=O)NC(C)c1ccccc1N. The second kappa shape index (κ2) is 5.85. The van der Waals surface area contributed by atoms with Crippen molar-refractivity contribution in [2.75, 3.05) is 5.73 Å². The van der Waals surface area contributed by atoms with Crippen LogP contribution in [0.1, 0.15) is 31.9 Å². The molecule has 0 aliphatic rings. The molecule has 2 atom stereocenters. The molecule has 0 aliphatic heterocycles. The van der Waals surface area contributed by atoms with E-state index >= 15 is 0 Å². The summed E-state index contributed by atoms with van der Waals surface area (Å²) >= 11 is 0. The Morgan fingerprint density at radius 3 is 2.56 bits per heavy atom. The fourth-order valence-corrected chi connectivity index (χ4v) is 3.04. The average molecular weight is 267 g/mol. The maximum atomic E-state index is 11.9. The number of nitrogens with one attached hydrogen (secondary N) is 1. The second-order valence-electron chi connectivity index (χ2n) is 4.04. The van der Waals surface area contributed by atoms with Crippen LogP contribution in [0.25, 0.3) is 0 Å². The topological polar surface area (TPSA) is 96.0 Å². The molecule has 0 bridgehead atoms. The van der Waals surface area contributed by atoms with E-state index in [9.17, 15) is 8.42 Å². The van der Waals surface area contributed by atoms with Gasteiger partial charge in [-0.05, 0) is 25.0 Å². The highest BCUT2D eigenvalue weighted by Gasteiger charge is 2.25. The van der Waals surface area contributed by atoms with Gasteiger partial charge >= 0.3 is 0 Å². The molecular weight excluding hydrogens is 250 g/mol. The number of benzene rings is 1. The number of nitrogens with two attached hydrogens (primary N) is 1. The number of nitrogen functional groups attached to an aromatic ring is 1. The van der Waals surface area contributed by atoms with Gasteiger partial charge in [0.2, 0.25) is 10.0 Å². The molecule has 0 heterocycles. The van der Waals surface area contributed by atoms with Crippen LogP contribution in [0.15, 0.2) is 24.3 Å². The van der Waals surface area contributed by atoms with Crippen molar-refractivity contribution in [2.45, 2.75) is 31.6 Å². The maximum absolute atomic E-state index is 11.9. The highest BCUT2D eigenvalue weighted by atomic mass is 32.2. The molecule has 2 unspecified atom stereocenters. The van der Waals surface area contributed by atoms with Crippen LogP contribution >= 0.6 is 0 Å². The number of hydrogen-bond acceptors (Lipinski definition) is 4. The summed E-state index contributed by atoms with van der Waals surface area (Å²) in [6.07, 6.45) is 0.253. The Labute approximate surface area is 108 Å². The number of para-hydroxylation sites is 1. The van der Waals surface area contributed by atoms with Gasteiger partial charge in [0.05, 0.1) is 6.07 Å². The zero-order chi connectivity index (χ0) is 13.8. The molecule has 18 heavy (non-hydrogen) atoms. The molecule has 0 saturated heterocycles. The van der Waals surface area contributed by atoms with E-state index in [0.29, 0.717) is 11.3 Å². The van der Waals surface area contributed by atoms with Crippen molar-refractivity contribution in [1.29, 1.82) is 5.26 Å². The van der Waals surface area contributed by atoms with Gasteiger partial charge < -0.3 is 5.73 Å². The Kier molecular flexibility index (Phi) is 4.70. The van der Waals surface area contributed by atoms with Crippen LogP contribution < -0.4 is 10.5 Å². The third-order valence-electron chi connectivity index (χ3n) is 2.69. The van der Waals surface area contributed by atoms with Crippen molar-refractivity contribution in [3.05, 3.63) is 29.8 Å². The first-order valence-electron chi connectivity index (χ1n) is 5.67. The van der Waals surface area contributed by atoms with Gasteiger partial charge in [0.15, 0.2) is 5.25 Å². The molecule has 0 radical (unpaired) electrons. The zero-order valence-corrected chi connectivity index (χ0v) is 11.2. The fourth-order valence-electron chi connectivity index (χ4n) is 1.68. The molecule has 3 N–H and O–H groups in total. The number of rotatable bonds is 5. The summed E-state index contributed by atoms with van der Waals surface area (Å²) in [5.74, 6) is 0. The lowest BCUT2D eigenvalue weighted by Gasteiger charge is -2.18. The second-order valence-corrected chi connectivity index (χ2v) is 5.93. The summed E-state index contributed by atoms with van der Waals surface area (Å²) in [6.45, 7) is 3.36. The van der Waals surface area contributed by atoms with Crippen molar-refractivity contribution in [2.24, 2.45) is 0 Å². The van der Waals surface area contributed by atoms with E-state index in [1.807, 2.05) is 0 Å². The monoisotopic (exact) mass is 267 g/mol. The number of nitrogens with zero attached hydrogens (tertiary/aromatic N) is 1. The minimum Gasteiger partial charge on any atom is -0.398 e. The van der Waals surface area contributed by atoms with Crippen LogP contribution in [-0.4, -0.2) is 13.7 Å². The molecule has 1 aromatic carbocycles. The van der Waals surface area contributed by atoms with Gasteiger partial charge in [-0.3, -0.25) is 0 Å². The molecule has 0 spiro atoms. The van der Waals surface area contributed by atoms with Gasteiger partial charge in [0, 0.05) is 11.7 Å². The van der Waals surface area contributed by atoms with Crippen molar-refractivity contribution in [1.82, 2.24) is 4.72 Å². The van der Waals surface area contributed by atoms with E-state index in [1.165, 1.54) is 0 Å². The van der Waals surface area contributed by atoms with Crippen LogP contribution in [0.4, 0.5) is 5.69 Å². The number of hydrogen-bond donors (Lipinski definition) is 2. The number of anilines is 1. The fraction of sp³-hybridized carbons (Fsp3) is 0.417. The van der Waals surface area contributed by atoms with Crippen molar-refractivity contribution in [3.8, 4) is 6.07 Å². The summed E-state index contributed by atoms with van der Waals surface area (Å²) in [5, 5.41) is 7.77. The van der Waals surface area contributed by atoms with Crippen LogP contribution in [0.2, 0.25) is 0 Å². The first-order chi connectivity index (χ1) is 8.42. The Balaban J connectivity index is 2.93. The minimum absolute atomic E-state index is 0.253. The standard InChI is InChI=1S/C12H17N3O2S/c1-3-10(8-13)18(16,17)15-9(2)11-6-4-5-7-12(11)14/h4-7,9-10,15H,3,14H2,1-2H3. The van der Waals surface area contributed by atoms with E-state index in [-0.39, 0.29) is 6.42 Å². The smallest absolute Gasteiger partial charge is 0.228 e. The minimum atomic E-state index is -3.65. The summed E-state index contributed by atoms with van der Waals surface area (Å²) in [5.41, 5.74) is 7.01. The van der Waals surface area contributed by atoms with Crippen LogP contribution in [0, 0.1) is 11.3 Å². The Morgan fingerprint density at radius 1 is 1.44 bits per heavy atom. The summed E-state index contributed by atoms with van der Waals surface area (Å²) in [6, 6.07) is 8.36. The molecule has 0 saturated carbocycles. The maximum Gasteiger partial charge on any atom is 0.228 e. The highest BCUT2D eigenvalue weighted by Crippen LogP contribution is 2.21. The Bertz CT molecular complexity index is 549. The Hall–Kier alpha value is -1.58. The average Bonchev–Trinajstić information content (AvgIpc) is 2.29. The molecule has 0 aromatic heterocycles. The van der Waals surface area contributed by atoms with E-state index in [0.717, 1.165) is 0 Å². The van der Waals surface area contributed by atoms with Gasteiger partial charge in [-0.1, -0.05) is 25.1 Å². The third-order valence-corrected chi connectivity index (χ3v) is 4.56. The van der Waals surface area contributed by atoms with Crippen LogP contribution in [0.5, 0.6) is 0 Å². The lowest BCUT2D eigenvalue weighted by atomic mass is 10.1. The van der Waals surface area contributed by atoms with Crippen molar-refractivity contribution < 1.29 is 8.42 Å². The van der Waals surface area contributed by atoms with E-state index in [4.69, 9.17) is 11.0 Å². The van der Waals surface area contributed by atoms with E-state index in [1.54, 1.807) is 44.2 Å². The molecule has 0 amide bonds. The van der Waals surface area contributed by atoms with Gasteiger partial charge in [0.1, 0.15) is 0 Å². The summed E-state index contributed by atoms with van der Waals surface area (Å²) in [7, 11) is -3.65. The first-order valence-corrected chi connectivity index (χ1v) is 7.22. The predicted octanol–water partition coefficient (Wildman–Crippen LogP) is 1.55. The quantitative estimate of drug-likeness (QED) is 0.791. The summed E-state index contributed by atoms with van der Waals surface area (Å²) in [4.78, 5) is 0. The lowest BCUT2D eigenvalue weighted by Crippen LogP contribution is -2.35. The lowest BCUT2D eigenvalue weighted by molar-refractivity contribution is 0.558. The molecular formula is C12H17N3O2S. The molecule has 5 nitrogen and oxygen atoms in total. The van der Waals surface area contributed by atoms with Gasteiger partial charge in [-0.25, -0.2) is 13.1 Å². The number of nitriles is 1. The zero-order valence-electron chi connectivity index (χ0n) is 10.4. The van der Waals surface area contributed by atoms with E-state index < -0.39 is 21.3 Å². The van der Waals surface area contributed by atoms with Gasteiger partial charge in [-0.2, -0.15) is 5.26 Å². The molecule has 1 rings (SSSR count). The van der Waals surface area contributed by atoms with Crippen molar-refractivity contribution >= 4 is 15.7 Å². The van der Waals surface area contributed by atoms with Crippen LogP contribution in [0.3, 0.4) is 0 Å². The van der Waals surface area contributed by atoms with Gasteiger partial charge in [-0.15, -0.1) is 0 Å². The molecule has 6 heteroatoms. The Morgan fingerprint density at radius 2 is 2.06 bits per heavy atom. The molecule has 98 valence electrons. The largest absolute Gasteiger partial charge is 0.398 e. The number of sulfonamides is 1. The highest BCUT2D eigenvalue weighted by molar-refractivity contribution is 7.90. The third kappa shape index (κ3) is 3.22. The van der Waals surface area contributed by atoms with Gasteiger partial charge in [0.25, 0.3) is 0 Å². The van der Waals surface area contributed by atoms with Crippen LogP contribution in [-0.2, 0) is 10.0 Å². The normalized spacial score (nSPS) is 14.7. The summed E-state index contributed by atoms with van der Waals surface area (Å²) < 4.78 is 26.3. The molecule has 0 aliphatic carbocycles. The molecule has 1 aromatic rings. The van der Waals surface area contributed by atoms with Crippen molar-refractivity contribution in [3.63, 3.8) is 0 Å². The molecule has 0 fully saturated rings.